The summed E-state index contributed by atoms with van der Waals surface area (Å²) in [5.41, 5.74) is 2.44. The summed E-state index contributed by atoms with van der Waals surface area (Å²) in [6.07, 6.45) is 5.26. The molecule has 3 amide bonds. The maximum Gasteiger partial charge on any atom is 0.428 e. The lowest BCUT2D eigenvalue weighted by atomic mass is 10.1. The third-order valence-electron chi connectivity index (χ3n) is 2.56. The molecule has 6 heteroatoms. The number of nitrogens with one attached hydrogen (secondary N) is 2. The van der Waals surface area contributed by atoms with Crippen molar-refractivity contribution in [3.05, 3.63) is 0 Å². The molecule has 0 atom stereocenters. The number of hydrogen-bond donors (Lipinski definition) is 2. The predicted octanol–water partition coefficient (Wildman–Crippen LogP) is 1.62. The van der Waals surface area contributed by atoms with Crippen LogP contribution in [0.15, 0.2) is 0 Å². The van der Waals surface area contributed by atoms with Crippen LogP contribution in [0.2, 0.25) is 0 Å². The van der Waals surface area contributed by atoms with Crippen LogP contribution < -0.4 is 10.7 Å². The molecule has 1 fully saturated rings. The van der Waals surface area contributed by atoms with E-state index in [0.717, 1.165) is 12.8 Å². The average Bonchev–Trinajstić information content (AvgIpc) is 2.69. The molecule has 0 saturated carbocycles. The van der Waals surface area contributed by atoms with Gasteiger partial charge in [0.15, 0.2) is 0 Å². The summed E-state index contributed by atoms with van der Waals surface area (Å²) in [6.45, 7) is 3.54. The Morgan fingerprint density at radius 3 is 2.76 bits per heavy atom. The summed E-state index contributed by atoms with van der Waals surface area (Å²) in [5, 5.41) is 3.88. The highest BCUT2D eigenvalue weighted by Gasteiger charge is 2.23. The second kappa shape index (κ2) is 7.76. The Kier molecular flexibility index (Phi) is 6.21. The molecule has 0 bridgehead atoms. The van der Waals surface area contributed by atoms with Gasteiger partial charge in [0.1, 0.15) is 6.61 Å². The SMILES string of the molecule is CCCCCCCNC(=O)NN1CCOC1=O. The standard InChI is InChI=1S/C11H21N3O3/c1-2-3-4-5-6-7-12-10(15)13-14-8-9-17-11(14)16/h2-9H2,1H3,(H2,12,13,15). The van der Waals surface area contributed by atoms with Gasteiger partial charge in [-0.05, 0) is 6.42 Å². The summed E-state index contributed by atoms with van der Waals surface area (Å²) in [4.78, 5) is 22.4. The molecule has 6 nitrogen and oxygen atoms in total. The number of carbonyl (C=O) groups excluding carboxylic acids is 2. The van der Waals surface area contributed by atoms with Gasteiger partial charge < -0.3 is 10.1 Å². The average molecular weight is 243 g/mol. The molecule has 1 rings (SSSR count). The van der Waals surface area contributed by atoms with Gasteiger partial charge in [-0.3, -0.25) is 0 Å². The predicted molar refractivity (Wildman–Crippen MR) is 63.3 cm³/mol. The van der Waals surface area contributed by atoms with Crippen molar-refractivity contribution >= 4 is 12.1 Å². The topological polar surface area (TPSA) is 70.7 Å². The molecule has 0 spiro atoms. The molecular weight excluding hydrogens is 222 g/mol. The van der Waals surface area contributed by atoms with Crippen LogP contribution >= 0.6 is 0 Å². The van der Waals surface area contributed by atoms with E-state index in [1.165, 1.54) is 24.3 Å². The zero-order valence-corrected chi connectivity index (χ0v) is 10.3. The maximum absolute atomic E-state index is 11.4. The van der Waals surface area contributed by atoms with Crippen molar-refractivity contribution in [1.29, 1.82) is 0 Å². The number of ether oxygens (including phenoxy) is 1. The minimum Gasteiger partial charge on any atom is -0.446 e. The van der Waals surface area contributed by atoms with E-state index in [4.69, 9.17) is 0 Å². The Balaban J connectivity index is 1.99. The second-order valence-electron chi connectivity index (χ2n) is 4.05. The summed E-state index contributed by atoms with van der Waals surface area (Å²) >= 11 is 0. The zero-order chi connectivity index (χ0) is 12.5. The van der Waals surface area contributed by atoms with Crippen LogP contribution in [-0.4, -0.2) is 36.8 Å². The van der Waals surface area contributed by atoms with E-state index >= 15 is 0 Å². The first kappa shape index (κ1) is 13.6. The van der Waals surface area contributed by atoms with Crippen molar-refractivity contribution in [1.82, 2.24) is 15.8 Å². The van der Waals surface area contributed by atoms with Crippen LogP contribution in [-0.2, 0) is 4.74 Å². The fourth-order valence-corrected chi connectivity index (χ4v) is 1.59. The highest BCUT2D eigenvalue weighted by atomic mass is 16.6. The molecule has 1 heterocycles. The smallest absolute Gasteiger partial charge is 0.428 e. The van der Waals surface area contributed by atoms with Gasteiger partial charge >= 0.3 is 12.1 Å². The lowest BCUT2D eigenvalue weighted by Crippen LogP contribution is -2.47. The van der Waals surface area contributed by atoms with Gasteiger partial charge in [-0.15, -0.1) is 0 Å². The van der Waals surface area contributed by atoms with Crippen molar-refractivity contribution in [2.45, 2.75) is 39.0 Å². The zero-order valence-electron chi connectivity index (χ0n) is 10.3. The lowest BCUT2D eigenvalue weighted by molar-refractivity contribution is 0.146. The first-order valence-corrected chi connectivity index (χ1v) is 6.23. The number of cyclic esters (lactones) is 1. The number of hydrogen-bond acceptors (Lipinski definition) is 3. The van der Waals surface area contributed by atoms with Gasteiger partial charge in [0.25, 0.3) is 0 Å². The second-order valence-corrected chi connectivity index (χ2v) is 4.05. The Bertz CT molecular complexity index is 258. The summed E-state index contributed by atoms with van der Waals surface area (Å²) < 4.78 is 4.68. The van der Waals surface area contributed by atoms with Gasteiger partial charge in [-0.2, -0.15) is 0 Å². The molecule has 2 N–H and O–H groups in total. The molecule has 0 aromatic heterocycles. The number of urea groups is 1. The Labute approximate surface area is 102 Å². The van der Waals surface area contributed by atoms with Crippen molar-refractivity contribution in [2.75, 3.05) is 19.7 Å². The monoisotopic (exact) mass is 243 g/mol. The molecule has 1 aliphatic heterocycles. The first-order valence-electron chi connectivity index (χ1n) is 6.23. The quantitative estimate of drug-likeness (QED) is 0.667. The van der Waals surface area contributed by atoms with E-state index < -0.39 is 6.09 Å². The van der Waals surface area contributed by atoms with Crippen LogP contribution in [0.5, 0.6) is 0 Å². The van der Waals surface area contributed by atoms with Crippen molar-refractivity contribution in [3.8, 4) is 0 Å². The van der Waals surface area contributed by atoms with Gasteiger partial charge in [0.05, 0.1) is 6.54 Å². The number of amides is 3. The van der Waals surface area contributed by atoms with Gasteiger partial charge in [-0.25, -0.2) is 20.0 Å². The van der Waals surface area contributed by atoms with Gasteiger partial charge in [0.2, 0.25) is 0 Å². The Morgan fingerprint density at radius 2 is 2.12 bits per heavy atom. The minimum absolute atomic E-state index is 0.329. The largest absolute Gasteiger partial charge is 0.446 e. The van der Waals surface area contributed by atoms with Crippen LogP contribution in [0.3, 0.4) is 0 Å². The first-order chi connectivity index (χ1) is 8.24. The van der Waals surface area contributed by atoms with E-state index in [1.54, 1.807) is 0 Å². The van der Waals surface area contributed by atoms with Gasteiger partial charge in [-0.1, -0.05) is 32.6 Å². The molecule has 1 saturated heterocycles. The van der Waals surface area contributed by atoms with Gasteiger partial charge in [0, 0.05) is 6.54 Å². The van der Waals surface area contributed by atoms with Crippen LogP contribution in [0.25, 0.3) is 0 Å². The summed E-state index contributed by atoms with van der Waals surface area (Å²) in [5.74, 6) is 0. The highest BCUT2D eigenvalue weighted by Crippen LogP contribution is 2.01. The van der Waals surface area contributed by atoms with Crippen LogP contribution in [0, 0.1) is 0 Å². The maximum atomic E-state index is 11.4. The number of unbranched alkanes of at least 4 members (excludes halogenated alkanes) is 4. The molecule has 0 radical (unpaired) electrons. The number of rotatable bonds is 7. The third kappa shape index (κ3) is 5.42. The summed E-state index contributed by atoms with van der Waals surface area (Å²) in [7, 11) is 0. The highest BCUT2D eigenvalue weighted by molar-refractivity contribution is 5.78. The lowest BCUT2D eigenvalue weighted by Gasteiger charge is -2.14. The number of nitrogens with zero attached hydrogens (tertiary/aromatic N) is 1. The molecular formula is C11H21N3O3. The van der Waals surface area contributed by atoms with Crippen molar-refractivity contribution in [2.24, 2.45) is 0 Å². The summed E-state index contributed by atoms with van der Waals surface area (Å²) in [6, 6.07) is -0.348. The third-order valence-corrected chi connectivity index (χ3v) is 2.56. The molecule has 0 aromatic rings. The molecule has 1 aliphatic rings. The Hall–Kier alpha value is -1.46. The molecule has 0 aromatic carbocycles. The molecule has 0 aliphatic carbocycles. The number of carbonyl (C=O) groups is 2. The van der Waals surface area contributed by atoms with E-state index in [0.29, 0.717) is 19.7 Å². The van der Waals surface area contributed by atoms with E-state index in [-0.39, 0.29) is 6.03 Å². The minimum atomic E-state index is -0.497. The van der Waals surface area contributed by atoms with Crippen molar-refractivity contribution in [3.63, 3.8) is 0 Å². The molecule has 17 heavy (non-hydrogen) atoms. The van der Waals surface area contributed by atoms with E-state index in [2.05, 4.69) is 22.4 Å². The van der Waals surface area contributed by atoms with E-state index in [9.17, 15) is 9.59 Å². The van der Waals surface area contributed by atoms with E-state index in [1.807, 2.05) is 0 Å². The van der Waals surface area contributed by atoms with Crippen LogP contribution in [0.4, 0.5) is 9.59 Å². The van der Waals surface area contributed by atoms with Crippen molar-refractivity contribution < 1.29 is 14.3 Å². The number of hydrazine groups is 1. The fraction of sp³-hybridized carbons (Fsp3) is 0.818. The molecule has 98 valence electrons. The Morgan fingerprint density at radius 1 is 1.35 bits per heavy atom. The normalized spacial score (nSPS) is 14.6. The van der Waals surface area contributed by atoms with Crippen LogP contribution in [0.1, 0.15) is 39.0 Å². The fourth-order valence-electron chi connectivity index (χ4n) is 1.59. The molecule has 0 unspecified atom stereocenters.